The van der Waals surface area contributed by atoms with Crippen molar-refractivity contribution in [2.75, 3.05) is 13.1 Å². The van der Waals surface area contributed by atoms with E-state index in [9.17, 15) is 0 Å². The first kappa shape index (κ1) is 28.1. The van der Waals surface area contributed by atoms with Crippen molar-refractivity contribution in [2.24, 2.45) is 28.9 Å². The molecule has 3 unspecified atom stereocenters. The molecule has 4 nitrogen and oxygen atoms in total. The van der Waals surface area contributed by atoms with Crippen LogP contribution >= 0.6 is 0 Å². The highest BCUT2D eigenvalue weighted by Gasteiger charge is 2.00. The molecule has 0 aliphatic carbocycles. The predicted octanol–water partition coefficient (Wildman–Crippen LogP) is 4.68. The molecule has 0 heterocycles. The molecule has 0 saturated heterocycles. The van der Waals surface area contributed by atoms with Gasteiger partial charge in [0.25, 0.3) is 0 Å². The van der Waals surface area contributed by atoms with Gasteiger partial charge in [0.2, 0.25) is 0 Å². The summed E-state index contributed by atoms with van der Waals surface area (Å²) in [6.45, 7) is 8.17. The van der Waals surface area contributed by atoms with Crippen LogP contribution in [0.5, 0.6) is 0 Å². The van der Waals surface area contributed by atoms with Gasteiger partial charge in [0.05, 0.1) is 0 Å². The molecule has 3 atom stereocenters. The van der Waals surface area contributed by atoms with Crippen molar-refractivity contribution in [1.29, 1.82) is 0 Å². The molecule has 0 radical (unpaired) electrons. The van der Waals surface area contributed by atoms with Crippen molar-refractivity contribution >= 4 is 0 Å². The van der Waals surface area contributed by atoms with E-state index in [2.05, 4.69) is 20.8 Å². The van der Waals surface area contributed by atoms with Crippen LogP contribution in [0.15, 0.2) is 0 Å². The van der Waals surface area contributed by atoms with Crippen LogP contribution in [0.1, 0.15) is 111 Å². The van der Waals surface area contributed by atoms with Gasteiger partial charge in [0.15, 0.2) is 0 Å². The number of hydrogen-bond acceptors (Lipinski definition) is 4. The van der Waals surface area contributed by atoms with Crippen molar-refractivity contribution in [3.8, 4) is 0 Å². The van der Waals surface area contributed by atoms with Crippen LogP contribution in [0.25, 0.3) is 0 Å². The average molecular weight is 373 g/mol. The number of unbranched alkanes of at least 4 members (excludes halogenated alkanes) is 7. The zero-order chi connectivity index (χ0) is 20.0. The third kappa shape index (κ3) is 28.6. The summed E-state index contributed by atoms with van der Waals surface area (Å²) in [6.07, 6.45) is 18.0. The van der Waals surface area contributed by atoms with Gasteiger partial charge in [0, 0.05) is 12.1 Å². The Morgan fingerprint density at radius 2 is 0.808 bits per heavy atom. The molecule has 0 aliphatic heterocycles. The zero-order valence-corrected chi connectivity index (χ0v) is 18.4. The van der Waals surface area contributed by atoms with Crippen LogP contribution in [0.4, 0.5) is 0 Å². The highest BCUT2D eigenvalue weighted by molar-refractivity contribution is 4.56. The second-order valence-electron chi connectivity index (χ2n) is 8.33. The van der Waals surface area contributed by atoms with Crippen molar-refractivity contribution in [3.63, 3.8) is 0 Å². The predicted molar refractivity (Wildman–Crippen MR) is 119 cm³/mol. The SMILES string of the molecule is CC(CCCN)CCCCCN.CC(N)CCCCCCCCC(C)N. The normalized spacial score (nSPS) is 14.4. The molecular formula is C22H52N4. The smallest absolute Gasteiger partial charge is 0.00104 e. The van der Waals surface area contributed by atoms with E-state index in [-0.39, 0.29) is 0 Å². The third-order valence-electron chi connectivity index (χ3n) is 4.87. The number of nitrogens with two attached hydrogens (primary N) is 4. The first-order valence-electron chi connectivity index (χ1n) is 11.3. The molecule has 0 fully saturated rings. The summed E-state index contributed by atoms with van der Waals surface area (Å²) in [6, 6.07) is 0.765. The highest BCUT2D eigenvalue weighted by Crippen LogP contribution is 2.14. The highest BCUT2D eigenvalue weighted by atomic mass is 14.6. The van der Waals surface area contributed by atoms with E-state index in [1.54, 1.807) is 0 Å². The van der Waals surface area contributed by atoms with Gasteiger partial charge in [-0.15, -0.1) is 0 Å². The summed E-state index contributed by atoms with van der Waals surface area (Å²) >= 11 is 0. The Kier molecular flexibility index (Phi) is 24.7. The molecule has 0 spiro atoms. The second-order valence-corrected chi connectivity index (χ2v) is 8.33. The van der Waals surface area contributed by atoms with Crippen molar-refractivity contribution in [1.82, 2.24) is 0 Å². The van der Waals surface area contributed by atoms with Gasteiger partial charge in [0.1, 0.15) is 0 Å². The minimum Gasteiger partial charge on any atom is -0.330 e. The maximum atomic E-state index is 5.67. The summed E-state index contributed by atoms with van der Waals surface area (Å²) in [5, 5.41) is 0. The third-order valence-corrected chi connectivity index (χ3v) is 4.87. The van der Waals surface area contributed by atoms with Crippen molar-refractivity contribution in [3.05, 3.63) is 0 Å². The van der Waals surface area contributed by atoms with Crippen LogP contribution in [0, 0.1) is 5.92 Å². The lowest BCUT2D eigenvalue weighted by Crippen LogP contribution is -2.14. The maximum absolute atomic E-state index is 5.67. The molecule has 26 heavy (non-hydrogen) atoms. The molecule has 8 N–H and O–H groups in total. The molecule has 0 amide bonds. The first-order valence-corrected chi connectivity index (χ1v) is 11.3. The summed E-state index contributed by atoms with van der Waals surface area (Å²) in [4.78, 5) is 0. The van der Waals surface area contributed by atoms with Crippen molar-refractivity contribution in [2.45, 2.75) is 123 Å². The zero-order valence-electron chi connectivity index (χ0n) is 18.4. The lowest BCUT2D eigenvalue weighted by atomic mass is 9.98. The van der Waals surface area contributed by atoms with Gasteiger partial charge in [-0.1, -0.05) is 64.7 Å². The van der Waals surface area contributed by atoms with Crippen LogP contribution in [-0.4, -0.2) is 25.2 Å². The van der Waals surface area contributed by atoms with Gasteiger partial charge in [-0.25, -0.2) is 0 Å². The Balaban J connectivity index is 0. The molecule has 0 aromatic rings. The molecule has 0 bridgehead atoms. The average Bonchev–Trinajstić information content (AvgIpc) is 2.59. The molecule has 0 aromatic heterocycles. The van der Waals surface area contributed by atoms with E-state index in [4.69, 9.17) is 22.9 Å². The number of rotatable bonds is 17. The van der Waals surface area contributed by atoms with Gasteiger partial charge in [-0.3, -0.25) is 0 Å². The van der Waals surface area contributed by atoms with E-state index in [1.165, 1.54) is 89.9 Å². The molecule has 0 saturated carbocycles. The van der Waals surface area contributed by atoms with Gasteiger partial charge >= 0.3 is 0 Å². The lowest BCUT2D eigenvalue weighted by Gasteiger charge is -2.09. The molecule has 0 aliphatic rings. The fourth-order valence-corrected chi connectivity index (χ4v) is 3.06. The minimum absolute atomic E-state index is 0.382. The summed E-state index contributed by atoms with van der Waals surface area (Å²) < 4.78 is 0. The lowest BCUT2D eigenvalue weighted by molar-refractivity contribution is 0.451. The van der Waals surface area contributed by atoms with Crippen LogP contribution in [0.3, 0.4) is 0 Å². The molecule has 160 valence electrons. The topological polar surface area (TPSA) is 104 Å². The number of hydrogen-bond donors (Lipinski definition) is 4. The monoisotopic (exact) mass is 372 g/mol. The quantitative estimate of drug-likeness (QED) is 0.278. The summed E-state index contributed by atoms with van der Waals surface area (Å²) in [7, 11) is 0. The minimum atomic E-state index is 0.382. The van der Waals surface area contributed by atoms with Crippen LogP contribution in [-0.2, 0) is 0 Å². The fraction of sp³-hybridized carbons (Fsp3) is 1.00. The molecule has 0 aromatic carbocycles. The Labute approximate surface area is 165 Å². The van der Waals surface area contributed by atoms with E-state index in [1.807, 2.05) is 0 Å². The standard InChI is InChI=1S/C12H28N2.C10H24N2/c1-11(13)9-7-5-3-4-6-8-10-12(2)14;1-10(7-5-9-12)6-3-2-4-8-11/h11-12H,3-10,13-14H2,1-2H3;10H,2-9,11-12H2,1H3. The Hall–Kier alpha value is -0.160. The summed E-state index contributed by atoms with van der Waals surface area (Å²) in [5.41, 5.74) is 22.2. The van der Waals surface area contributed by atoms with Gasteiger partial charge in [-0.05, 0) is 65.0 Å². The van der Waals surface area contributed by atoms with Crippen molar-refractivity contribution < 1.29 is 0 Å². The fourth-order valence-electron chi connectivity index (χ4n) is 3.06. The Morgan fingerprint density at radius 1 is 0.462 bits per heavy atom. The van der Waals surface area contributed by atoms with E-state index < -0.39 is 0 Å². The second kappa shape index (κ2) is 22.9. The molecular weight excluding hydrogens is 320 g/mol. The van der Waals surface area contributed by atoms with Gasteiger partial charge in [-0.2, -0.15) is 0 Å². The van der Waals surface area contributed by atoms with Crippen LogP contribution in [0.2, 0.25) is 0 Å². The summed E-state index contributed by atoms with van der Waals surface area (Å²) in [5.74, 6) is 0.853. The first-order chi connectivity index (χ1) is 12.4. The Bertz CT molecular complexity index is 230. The largest absolute Gasteiger partial charge is 0.330 e. The van der Waals surface area contributed by atoms with E-state index in [0.717, 1.165) is 19.0 Å². The maximum Gasteiger partial charge on any atom is 0.00104 e. The van der Waals surface area contributed by atoms with Gasteiger partial charge < -0.3 is 22.9 Å². The molecule has 4 heteroatoms. The van der Waals surface area contributed by atoms with E-state index in [0.29, 0.717) is 12.1 Å². The Morgan fingerprint density at radius 3 is 1.23 bits per heavy atom. The van der Waals surface area contributed by atoms with E-state index >= 15 is 0 Å². The van der Waals surface area contributed by atoms with Crippen LogP contribution < -0.4 is 22.9 Å². The molecule has 0 rings (SSSR count).